The zero-order valence-corrected chi connectivity index (χ0v) is 21.1. The van der Waals surface area contributed by atoms with Gasteiger partial charge in [-0.15, -0.1) is 0 Å². The minimum Gasteiger partial charge on any atom is -0.393 e. The first-order valence-corrected chi connectivity index (χ1v) is 10.7. The molecule has 147 valence electrons. The van der Waals surface area contributed by atoms with E-state index in [1.165, 1.54) is 51.4 Å². The van der Waals surface area contributed by atoms with Crippen molar-refractivity contribution in [3.8, 4) is 0 Å². The van der Waals surface area contributed by atoms with Gasteiger partial charge in [-0.2, -0.15) is 0 Å². The molecular formula is C21H41BrO2Y. The minimum absolute atomic E-state index is 0. The van der Waals surface area contributed by atoms with E-state index >= 15 is 0 Å². The van der Waals surface area contributed by atoms with Gasteiger partial charge >= 0.3 is 0 Å². The van der Waals surface area contributed by atoms with Crippen LogP contribution in [0.25, 0.3) is 0 Å². The fraction of sp³-hybridized carbons (Fsp3) is 0.810. The molecule has 0 saturated carbocycles. The molecule has 0 aromatic carbocycles. The van der Waals surface area contributed by atoms with E-state index in [9.17, 15) is 5.11 Å². The molecule has 0 bridgehead atoms. The molecule has 0 spiro atoms. The second kappa shape index (κ2) is 29.7. The van der Waals surface area contributed by atoms with Crippen molar-refractivity contribution >= 4 is 16.3 Å². The summed E-state index contributed by atoms with van der Waals surface area (Å²) in [5.74, 6) is 0. The quantitative estimate of drug-likeness (QED) is 0.175. The molecule has 0 aliphatic rings. The van der Waals surface area contributed by atoms with Crippen LogP contribution in [-0.4, -0.2) is 15.4 Å². The van der Waals surface area contributed by atoms with E-state index in [0.717, 1.165) is 38.5 Å². The Hall–Kier alpha value is 0.984. The van der Waals surface area contributed by atoms with Crippen molar-refractivity contribution in [2.75, 3.05) is 0 Å². The molecule has 0 aliphatic carbocycles. The zero-order chi connectivity index (χ0) is 18.3. The minimum atomic E-state index is -0.0954. The van der Waals surface area contributed by atoms with Crippen molar-refractivity contribution in [2.24, 2.45) is 0 Å². The van der Waals surface area contributed by atoms with Crippen molar-refractivity contribution in [3.05, 3.63) is 24.3 Å². The largest absolute Gasteiger partial charge is 0.393 e. The van der Waals surface area contributed by atoms with Crippen LogP contribution in [0.3, 0.4) is 0 Å². The first-order chi connectivity index (χ1) is 11.8. The van der Waals surface area contributed by atoms with Gasteiger partial charge in [-0.25, -0.2) is 0 Å². The fourth-order valence-electron chi connectivity index (χ4n) is 2.58. The second-order valence-corrected chi connectivity index (χ2v) is 6.45. The van der Waals surface area contributed by atoms with E-state index in [2.05, 4.69) is 38.2 Å². The number of hydrogen-bond donors (Lipinski definition) is 2. The predicted molar refractivity (Wildman–Crippen MR) is 111 cm³/mol. The molecule has 0 aromatic heterocycles. The van der Waals surface area contributed by atoms with Gasteiger partial charge in [-0.3, -0.25) is 0 Å². The monoisotopic (exact) mass is 493 g/mol. The van der Waals surface area contributed by atoms with Gasteiger partial charge in [0.15, 0.2) is 0 Å². The van der Waals surface area contributed by atoms with Crippen molar-refractivity contribution in [3.63, 3.8) is 0 Å². The van der Waals surface area contributed by atoms with Crippen LogP contribution in [0.4, 0.5) is 0 Å². The molecule has 0 unspecified atom stereocenters. The van der Waals surface area contributed by atoms with Gasteiger partial charge in [-0.05, 0) is 64.2 Å². The fourth-order valence-corrected chi connectivity index (χ4v) is 2.58. The summed E-state index contributed by atoms with van der Waals surface area (Å²) in [5, 5.41) is 9.95. The summed E-state index contributed by atoms with van der Waals surface area (Å²) in [6, 6.07) is 0. The molecule has 0 heterocycles. The zero-order valence-electron chi connectivity index (χ0n) is 16.6. The molecule has 4 heteroatoms. The van der Waals surface area contributed by atoms with E-state index in [1.54, 1.807) is 0 Å². The molecule has 1 radical (unpaired) electrons. The summed E-state index contributed by atoms with van der Waals surface area (Å²) in [4.78, 5) is 0. The van der Waals surface area contributed by atoms with E-state index in [-0.39, 0.29) is 38.8 Å². The summed E-state index contributed by atoms with van der Waals surface area (Å²) >= 11 is 1.94. The molecule has 0 aromatic rings. The molecule has 0 fully saturated rings. The average molecular weight is 494 g/mol. The van der Waals surface area contributed by atoms with E-state index in [1.807, 2.05) is 16.3 Å². The van der Waals surface area contributed by atoms with Gasteiger partial charge in [0.05, 0.1) is 22.4 Å². The summed E-state index contributed by atoms with van der Waals surface area (Å²) in [6.45, 7) is 4.49. The smallest absolute Gasteiger partial charge is 0.0957 e. The molecule has 0 amide bonds. The summed E-state index contributed by atoms with van der Waals surface area (Å²) in [5.41, 5.74) is 0. The first-order valence-electron chi connectivity index (χ1n) is 9.96. The molecule has 0 saturated heterocycles. The molecular weight excluding hydrogens is 453 g/mol. The maximum absolute atomic E-state index is 9.95. The van der Waals surface area contributed by atoms with Gasteiger partial charge in [-0.1, -0.05) is 63.8 Å². The van der Waals surface area contributed by atoms with Crippen LogP contribution in [0.5, 0.6) is 0 Å². The van der Waals surface area contributed by atoms with Crippen LogP contribution >= 0.6 is 16.3 Å². The number of halogens is 1. The Kier molecular flexibility index (Phi) is 36.5. The molecule has 25 heavy (non-hydrogen) atoms. The van der Waals surface area contributed by atoms with Gasteiger partial charge in [0, 0.05) is 32.7 Å². The van der Waals surface area contributed by atoms with Gasteiger partial charge < -0.3 is 9.30 Å². The molecule has 0 atom stereocenters. The van der Waals surface area contributed by atoms with Gasteiger partial charge in [0.25, 0.3) is 0 Å². The number of rotatable bonds is 16. The molecule has 2 nitrogen and oxygen atoms in total. The van der Waals surface area contributed by atoms with Crippen LogP contribution in [0, 0.1) is 0 Å². The van der Waals surface area contributed by atoms with Crippen molar-refractivity contribution < 1.29 is 42.0 Å². The Morgan fingerprint density at radius 2 is 0.960 bits per heavy atom. The Morgan fingerprint density at radius 1 is 0.640 bits per heavy atom. The van der Waals surface area contributed by atoms with Crippen LogP contribution < -0.4 is 0 Å². The number of allylic oxidation sites excluding steroid dienone is 4. The molecule has 0 aliphatic heterocycles. The predicted octanol–water partition coefficient (Wildman–Crippen LogP) is 7.25. The third kappa shape index (κ3) is 30.0. The Labute approximate surface area is 191 Å². The van der Waals surface area contributed by atoms with Crippen LogP contribution in [0.15, 0.2) is 24.3 Å². The molecule has 2 N–H and O–H groups in total. The normalized spacial score (nSPS) is 11.0. The van der Waals surface area contributed by atoms with E-state index < -0.39 is 0 Å². The summed E-state index contributed by atoms with van der Waals surface area (Å²) < 4.78 is 6.81. The van der Waals surface area contributed by atoms with Crippen molar-refractivity contribution in [1.82, 2.24) is 0 Å². The topological polar surface area (TPSA) is 40.5 Å². The first kappa shape index (κ1) is 30.7. The average Bonchev–Trinajstić information content (AvgIpc) is 2.61. The van der Waals surface area contributed by atoms with E-state index in [0.29, 0.717) is 0 Å². The molecule has 0 rings (SSSR count). The van der Waals surface area contributed by atoms with Crippen molar-refractivity contribution in [1.29, 1.82) is 0 Å². The second-order valence-electron chi connectivity index (χ2n) is 6.45. The Bertz CT molecular complexity index is 245. The summed E-state index contributed by atoms with van der Waals surface area (Å²) in [6.07, 6.45) is 25.9. The third-order valence-corrected chi connectivity index (χ3v) is 4.10. The van der Waals surface area contributed by atoms with E-state index in [4.69, 9.17) is 4.20 Å². The number of hydrogen-bond acceptors (Lipinski definition) is 2. The van der Waals surface area contributed by atoms with Crippen LogP contribution in [0.2, 0.25) is 0 Å². The number of unbranched alkanes of at least 4 members (excludes halogenated alkanes) is 8. The van der Waals surface area contributed by atoms with Crippen LogP contribution in [0.1, 0.15) is 104 Å². The van der Waals surface area contributed by atoms with Crippen molar-refractivity contribution in [2.45, 2.75) is 110 Å². The number of aliphatic hydroxyl groups excluding tert-OH is 1. The standard InChI is InChI=1S/C21H40O.BrHO.Y/c1-3-5-7-9-11-13-15-17-19-21(22)20-18-16-14-12-10-8-6-4-2;1-2;/h11-14,21-22H,3-10,15-20H2,1-2H3;2H;/b13-11-,14-12-;;. The third-order valence-electron chi connectivity index (χ3n) is 4.10. The van der Waals surface area contributed by atoms with Gasteiger partial charge in [0.1, 0.15) is 0 Å². The SMILES string of the molecule is CCCCC/C=C\CCCC(O)CCC/C=C\CCCCC.OBr.[Y]. The summed E-state index contributed by atoms with van der Waals surface area (Å²) in [7, 11) is 0. The Morgan fingerprint density at radius 3 is 1.28 bits per heavy atom. The number of aliphatic hydroxyl groups is 1. The van der Waals surface area contributed by atoms with Crippen LogP contribution in [-0.2, 0) is 32.7 Å². The maximum Gasteiger partial charge on any atom is 0.0957 e. The Balaban J connectivity index is -0.00000155. The maximum atomic E-state index is 9.95. The van der Waals surface area contributed by atoms with Gasteiger partial charge in [0.2, 0.25) is 0 Å².